The van der Waals surface area contributed by atoms with Crippen LogP contribution in [0.1, 0.15) is 68.6 Å². The van der Waals surface area contributed by atoms with E-state index >= 15 is 0 Å². The number of aliphatic hydroxyl groups is 1. The molecule has 4 bridgehead atoms. The maximum atomic E-state index is 13.4. The first-order chi connectivity index (χ1) is 17.7. The van der Waals surface area contributed by atoms with Gasteiger partial charge in [-0.2, -0.15) is 4.98 Å². The van der Waals surface area contributed by atoms with E-state index in [0.717, 1.165) is 58.2 Å². The lowest BCUT2D eigenvalue weighted by Crippen LogP contribution is -2.39. The Labute approximate surface area is 218 Å². The van der Waals surface area contributed by atoms with Crippen LogP contribution in [0.25, 0.3) is 0 Å². The number of nitrogens with zero attached hydrogens (tertiary/aromatic N) is 3. The number of hydrogen-bond donors (Lipinski definition) is 4. The molecule has 4 aliphatic rings. The van der Waals surface area contributed by atoms with Crippen LogP contribution >= 0.6 is 0 Å². The van der Waals surface area contributed by atoms with Crippen molar-refractivity contribution in [1.82, 2.24) is 9.97 Å². The fourth-order valence-corrected chi connectivity index (χ4v) is 6.72. The zero-order valence-corrected chi connectivity index (χ0v) is 22.1. The van der Waals surface area contributed by atoms with Crippen LogP contribution in [-0.2, 0) is 10.0 Å². The quantitative estimate of drug-likeness (QED) is 0.473. The number of fused-ring (bicyclic) bond motifs is 8. The van der Waals surface area contributed by atoms with Gasteiger partial charge < -0.3 is 20.6 Å². The molecule has 37 heavy (non-hydrogen) atoms. The van der Waals surface area contributed by atoms with Gasteiger partial charge in [0, 0.05) is 25.8 Å². The van der Waals surface area contributed by atoms with Gasteiger partial charge in [0.25, 0.3) is 5.91 Å². The predicted octanol–water partition coefficient (Wildman–Crippen LogP) is 3.59. The molecular formula is C26H36N6O4S. The van der Waals surface area contributed by atoms with E-state index in [1.165, 1.54) is 0 Å². The minimum Gasteiger partial charge on any atom is -0.395 e. The Bertz CT molecular complexity index is 1260. The summed E-state index contributed by atoms with van der Waals surface area (Å²) in [7, 11) is -3.75. The molecule has 1 saturated carbocycles. The summed E-state index contributed by atoms with van der Waals surface area (Å²) in [6.07, 6.45) is 8.97. The maximum absolute atomic E-state index is 13.4. The van der Waals surface area contributed by atoms with Crippen molar-refractivity contribution in [3.8, 4) is 0 Å². The van der Waals surface area contributed by atoms with Crippen LogP contribution in [0.5, 0.6) is 0 Å². The molecule has 0 radical (unpaired) electrons. The number of rotatable bonds is 4. The number of aromatic nitrogens is 2. The van der Waals surface area contributed by atoms with Crippen LogP contribution < -0.4 is 20.3 Å². The van der Waals surface area contributed by atoms with Crippen molar-refractivity contribution < 1.29 is 18.3 Å². The molecule has 4 heterocycles. The zero-order valence-electron chi connectivity index (χ0n) is 21.3. The molecule has 6 rings (SSSR count). The van der Waals surface area contributed by atoms with Crippen molar-refractivity contribution >= 4 is 39.1 Å². The number of carbonyl (C=O) groups is 1. The predicted molar refractivity (Wildman–Crippen MR) is 145 cm³/mol. The van der Waals surface area contributed by atoms with Gasteiger partial charge in [0.1, 0.15) is 10.6 Å². The Morgan fingerprint density at radius 1 is 1.08 bits per heavy atom. The summed E-state index contributed by atoms with van der Waals surface area (Å²) >= 11 is 0. The van der Waals surface area contributed by atoms with Gasteiger partial charge in [0.05, 0.1) is 23.5 Å². The summed E-state index contributed by atoms with van der Waals surface area (Å²) in [6.45, 7) is 4.29. The Morgan fingerprint density at radius 3 is 2.59 bits per heavy atom. The van der Waals surface area contributed by atoms with Gasteiger partial charge in [-0.1, -0.05) is 19.8 Å². The summed E-state index contributed by atoms with van der Waals surface area (Å²) in [6, 6.07) is 6.65. The maximum Gasteiger partial charge on any atom is 0.258 e. The van der Waals surface area contributed by atoms with Crippen molar-refractivity contribution in [3.05, 3.63) is 36.0 Å². The molecule has 1 aliphatic carbocycles. The highest BCUT2D eigenvalue weighted by Gasteiger charge is 2.54. The average Bonchev–Trinajstić information content (AvgIpc) is 3.68. The van der Waals surface area contributed by atoms with E-state index in [4.69, 9.17) is 0 Å². The largest absolute Gasteiger partial charge is 0.395 e. The smallest absolute Gasteiger partial charge is 0.258 e. The molecule has 10 nitrogen and oxygen atoms in total. The van der Waals surface area contributed by atoms with Gasteiger partial charge in [0.15, 0.2) is 0 Å². The first-order valence-corrected chi connectivity index (χ1v) is 14.6. The second-order valence-electron chi connectivity index (χ2n) is 10.9. The number of carbonyl (C=O) groups excluding carboxylic acids is 1. The fraction of sp³-hybridized carbons (Fsp3) is 0.577. The standard InChI is InChI=1S/C26H36N6O4S/c1-25-8-3-2-4-13-27-24-28-14-7-22(30-24)29-23(34)20-6-5-19(17-21(20)32(15-11-25)16-12-25)31-37(35,36)26(18-33)9-10-26/h5-7,14,17,31,33H,2-4,8-13,15-16,18H2,1H3,(H2,27,28,29,30,34). The summed E-state index contributed by atoms with van der Waals surface area (Å²) in [5.74, 6) is 0.550. The minimum absolute atomic E-state index is 0.245. The molecule has 1 amide bonds. The topological polar surface area (TPSA) is 137 Å². The second-order valence-corrected chi connectivity index (χ2v) is 13.0. The van der Waals surface area contributed by atoms with Crippen LogP contribution in [0.3, 0.4) is 0 Å². The van der Waals surface area contributed by atoms with E-state index in [2.05, 4.69) is 37.1 Å². The zero-order chi connectivity index (χ0) is 26.1. The van der Waals surface area contributed by atoms with Crippen molar-refractivity contribution in [2.45, 2.75) is 63.0 Å². The van der Waals surface area contributed by atoms with E-state index in [1.54, 1.807) is 30.5 Å². The average molecular weight is 529 g/mol. The lowest BCUT2D eigenvalue weighted by atomic mass is 9.76. The third kappa shape index (κ3) is 5.52. The van der Waals surface area contributed by atoms with Crippen LogP contribution in [-0.4, -0.2) is 60.4 Å². The SMILES string of the molecule is CC12CCCCCNc3nccc(n3)NC(=O)c3ccc(NS(=O)(=O)C4(CO)CC4)cc3N(CC1)CC2. The summed E-state index contributed by atoms with van der Waals surface area (Å²) < 4.78 is 27.4. The number of aliphatic hydroxyl groups excluding tert-OH is 1. The molecule has 11 heteroatoms. The number of hydrogen-bond acceptors (Lipinski definition) is 8. The monoisotopic (exact) mass is 528 g/mol. The number of amides is 1. The number of benzene rings is 1. The first-order valence-electron chi connectivity index (χ1n) is 13.1. The van der Waals surface area contributed by atoms with Crippen molar-refractivity contribution in [1.29, 1.82) is 0 Å². The minimum atomic E-state index is -3.75. The van der Waals surface area contributed by atoms with E-state index in [-0.39, 0.29) is 11.3 Å². The van der Waals surface area contributed by atoms with Crippen LogP contribution in [0.15, 0.2) is 30.5 Å². The molecule has 200 valence electrons. The molecule has 0 unspecified atom stereocenters. The van der Waals surface area contributed by atoms with Gasteiger partial charge in [0.2, 0.25) is 16.0 Å². The Hall–Kier alpha value is -2.92. The number of sulfonamides is 1. The molecular weight excluding hydrogens is 492 g/mol. The third-order valence-corrected chi connectivity index (χ3v) is 10.3. The van der Waals surface area contributed by atoms with E-state index < -0.39 is 21.4 Å². The number of nitrogens with one attached hydrogen (secondary N) is 3. The van der Waals surface area contributed by atoms with E-state index in [1.807, 2.05) is 0 Å². The lowest BCUT2D eigenvalue weighted by molar-refractivity contribution is 0.102. The fourth-order valence-electron chi connectivity index (χ4n) is 5.25. The van der Waals surface area contributed by atoms with Crippen molar-refractivity contribution in [2.24, 2.45) is 5.41 Å². The molecule has 0 spiro atoms. The molecule has 4 N–H and O–H groups in total. The number of anilines is 4. The van der Waals surface area contributed by atoms with Crippen molar-refractivity contribution in [3.63, 3.8) is 0 Å². The highest BCUT2D eigenvalue weighted by atomic mass is 32.2. The van der Waals surface area contributed by atoms with E-state index in [9.17, 15) is 18.3 Å². The first kappa shape index (κ1) is 25.7. The van der Waals surface area contributed by atoms with Crippen molar-refractivity contribution in [2.75, 3.05) is 46.5 Å². The molecule has 3 aliphatic heterocycles. The Balaban J connectivity index is 1.47. The molecule has 2 fully saturated rings. The molecule has 1 saturated heterocycles. The van der Waals surface area contributed by atoms with Gasteiger partial charge >= 0.3 is 0 Å². The highest BCUT2D eigenvalue weighted by molar-refractivity contribution is 7.94. The highest BCUT2D eigenvalue weighted by Crippen LogP contribution is 2.44. The molecule has 0 atom stereocenters. The van der Waals surface area contributed by atoms with Gasteiger partial charge in [-0.25, -0.2) is 13.4 Å². The normalized spacial score (nSPS) is 21.2. The summed E-state index contributed by atoms with van der Waals surface area (Å²) in [5.41, 5.74) is 1.77. The summed E-state index contributed by atoms with van der Waals surface area (Å²) in [5, 5.41) is 15.8. The molecule has 2 aromatic rings. The van der Waals surface area contributed by atoms with E-state index in [0.29, 0.717) is 41.5 Å². The van der Waals surface area contributed by atoms with Gasteiger partial charge in [-0.05, 0) is 68.2 Å². The molecule has 1 aromatic carbocycles. The Morgan fingerprint density at radius 2 is 1.86 bits per heavy atom. The number of piperidine rings is 1. The lowest BCUT2D eigenvalue weighted by Gasteiger charge is -2.41. The van der Waals surface area contributed by atoms with Crippen LogP contribution in [0.4, 0.5) is 23.1 Å². The van der Waals surface area contributed by atoms with Gasteiger partial charge in [-0.3, -0.25) is 9.52 Å². The van der Waals surface area contributed by atoms with Crippen LogP contribution in [0.2, 0.25) is 0 Å². The molecule has 1 aromatic heterocycles. The van der Waals surface area contributed by atoms with Gasteiger partial charge in [-0.15, -0.1) is 0 Å². The van der Waals surface area contributed by atoms with Crippen LogP contribution in [0, 0.1) is 5.41 Å². The Kier molecular flexibility index (Phi) is 7.01. The third-order valence-electron chi connectivity index (χ3n) is 8.11. The summed E-state index contributed by atoms with van der Waals surface area (Å²) in [4.78, 5) is 24.3. The second kappa shape index (κ2) is 10.1.